The maximum atomic E-state index is 5.95. The zero-order chi connectivity index (χ0) is 18.4. The van der Waals surface area contributed by atoms with Crippen molar-refractivity contribution in [3.05, 3.63) is 58.6 Å². The molecular formula is C20H25ClN3O2+. The Hall–Kier alpha value is -2.24. The van der Waals surface area contributed by atoms with Crippen LogP contribution in [0.15, 0.2) is 47.6 Å². The fourth-order valence-corrected chi connectivity index (χ4v) is 3.28. The number of para-hydroxylation sites is 1. The summed E-state index contributed by atoms with van der Waals surface area (Å²) in [5.41, 5.74) is 2.24. The van der Waals surface area contributed by atoms with Gasteiger partial charge < -0.3 is 14.4 Å². The van der Waals surface area contributed by atoms with Crippen molar-refractivity contribution in [2.24, 2.45) is 5.10 Å². The summed E-state index contributed by atoms with van der Waals surface area (Å²) < 4.78 is 10.8. The molecule has 0 saturated carbocycles. The van der Waals surface area contributed by atoms with E-state index in [1.165, 1.54) is 5.56 Å². The molecule has 0 spiro atoms. The molecule has 2 aromatic rings. The number of nitrogens with one attached hydrogen (secondary N) is 1. The van der Waals surface area contributed by atoms with Crippen LogP contribution in [0.1, 0.15) is 11.1 Å². The van der Waals surface area contributed by atoms with E-state index in [0.717, 1.165) is 43.3 Å². The Balaban J connectivity index is 1.55. The fourth-order valence-electron chi connectivity index (χ4n) is 3.15. The summed E-state index contributed by atoms with van der Waals surface area (Å²) >= 11 is 5.95. The monoisotopic (exact) mass is 374 g/mol. The summed E-state index contributed by atoms with van der Waals surface area (Å²) in [7, 11) is 3.29. The van der Waals surface area contributed by atoms with Gasteiger partial charge in [0.25, 0.3) is 0 Å². The van der Waals surface area contributed by atoms with E-state index < -0.39 is 0 Å². The van der Waals surface area contributed by atoms with Gasteiger partial charge in [-0.1, -0.05) is 29.8 Å². The van der Waals surface area contributed by atoms with Gasteiger partial charge in [-0.05, 0) is 24.3 Å². The minimum atomic E-state index is 0.714. The highest BCUT2D eigenvalue weighted by Crippen LogP contribution is 2.29. The lowest BCUT2D eigenvalue weighted by atomic mass is 10.2. The van der Waals surface area contributed by atoms with Gasteiger partial charge in [0.15, 0.2) is 11.5 Å². The lowest BCUT2D eigenvalue weighted by molar-refractivity contribution is -0.918. The molecule has 0 amide bonds. The lowest BCUT2D eigenvalue weighted by Crippen LogP contribution is -3.13. The van der Waals surface area contributed by atoms with Gasteiger partial charge in [-0.2, -0.15) is 5.10 Å². The first-order valence-electron chi connectivity index (χ1n) is 8.77. The molecule has 3 rings (SSSR count). The molecule has 1 heterocycles. The van der Waals surface area contributed by atoms with Gasteiger partial charge in [0.2, 0.25) is 0 Å². The van der Waals surface area contributed by atoms with Crippen molar-refractivity contribution in [3.63, 3.8) is 0 Å². The number of ether oxygens (including phenoxy) is 2. The molecule has 0 unspecified atom stereocenters. The SMILES string of the molecule is COc1cccc(/C=N\N2CC[NH+](Cc3ccc(Cl)cc3)CC2)c1OC. The second-order valence-corrected chi connectivity index (χ2v) is 6.77. The Kier molecular flexibility index (Phi) is 6.36. The summed E-state index contributed by atoms with van der Waals surface area (Å²) in [4.78, 5) is 1.57. The third-order valence-electron chi connectivity index (χ3n) is 4.61. The van der Waals surface area contributed by atoms with Crippen LogP contribution in [-0.4, -0.2) is 51.6 Å². The second kappa shape index (κ2) is 8.92. The molecular weight excluding hydrogens is 350 g/mol. The Morgan fingerprint density at radius 1 is 1.08 bits per heavy atom. The van der Waals surface area contributed by atoms with E-state index in [1.54, 1.807) is 19.1 Å². The molecule has 0 bridgehead atoms. The van der Waals surface area contributed by atoms with Crippen molar-refractivity contribution in [2.75, 3.05) is 40.4 Å². The van der Waals surface area contributed by atoms with Crippen LogP contribution < -0.4 is 14.4 Å². The Morgan fingerprint density at radius 2 is 1.81 bits per heavy atom. The third kappa shape index (κ3) is 4.68. The number of methoxy groups -OCH3 is 2. The van der Waals surface area contributed by atoms with Crippen LogP contribution in [-0.2, 0) is 6.54 Å². The van der Waals surface area contributed by atoms with Gasteiger partial charge in [-0.25, -0.2) is 0 Å². The maximum absolute atomic E-state index is 5.95. The summed E-state index contributed by atoms with van der Waals surface area (Å²) in [6.07, 6.45) is 1.85. The Morgan fingerprint density at radius 3 is 2.46 bits per heavy atom. The average molecular weight is 375 g/mol. The molecule has 0 radical (unpaired) electrons. The highest BCUT2D eigenvalue weighted by atomic mass is 35.5. The van der Waals surface area contributed by atoms with Crippen molar-refractivity contribution >= 4 is 17.8 Å². The first-order valence-corrected chi connectivity index (χ1v) is 9.15. The van der Waals surface area contributed by atoms with Gasteiger partial charge in [0, 0.05) is 16.1 Å². The van der Waals surface area contributed by atoms with Gasteiger partial charge in [0.1, 0.15) is 6.54 Å². The quantitative estimate of drug-likeness (QED) is 0.787. The minimum Gasteiger partial charge on any atom is -0.493 e. The molecule has 26 heavy (non-hydrogen) atoms. The molecule has 1 saturated heterocycles. The summed E-state index contributed by atoms with van der Waals surface area (Å²) in [6, 6.07) is 13.9. The summed E-state index contributed by atoms with van der Waals surface area (Å²) in [5.74, 6) is 1.43. The summed E-state index contributed by atoms with van der Waals surface area (Å²) in [6.45, 7) is 5.03. The first kappa shape index (κ1) is 18.5. The molecule has 1 aliphatic rings. The van der Waals surface area contributed by atoms with Crippen LogP contribution in [0.25, 0.3) is 0 Å². The number of hydrogen-bond donors (Lipinski definition) is 1. The number of hydrazone groups is 1. The van der Waals surface area contributed by atoms with Gasteiger partial charge in [-0.3, -0.25) is 5.01 Å². The van der Waals surface area contributed by atoms with E-state index in [4.69, 9.17) is 21.1 Å². The van der Waals surface area contributed by atoms with E-state index >= 15 is 0 Å². The van der Waals surface area contributed by atoms with Crippen LogP contribution >= 0.6 is 11.6 Å². The highest BCUT2D eigenvalue weighted by molar-refractivity contribution is 6.30. The first-order chi connectivity index (χ1) is 12.7. The molecule has 2 aromatic carbocycles. The Bertz CT molecular complexity index is 741. The highest BCUT2D eigenvalue weighted by Gasteiger charge is 2.19. The van der Waals surface area contributed by atoms with Gasteiger partial charge >= 0.3 is 0 Å². The molecule has 1 fully saturated rings. The van der Waals surface area contributed by atoms with Crippen molar-refractivity contribution in [3.8, 4) is 11.5 Å². The standard InChI is InChI=1S/C20H24ClN3O2/c1-25-19-5-3-4-17(20(19)26-2)14-22-24-12-10-23(11-13-24)15-16-6-8-18(21)9-7-16/h3-9,14H,10-13,15H2,1-2H3/p+1/b22-14-. The van der Waals surface area contributed by atoms with E-state index in [0.29, 0.717) is 11.5 Å². The van der Waals surface area contributed by atoms with E-state index in [2.05, 4.69) is 22.2 Å². The van der Waals surface area contributed by atoms with E-state index in [1.807, 2.05) is 36.5 Å². The van der Waals surface area contributed by atoms with Crippen LogP contribution in [0.4, 0.5) is 0 Å². The number of quaternary nitrogens is 1. The predicted molar refractivity (Wildman–Crippen MR) is 105 cm³/mol. The van der Waals surface area contributed by atoms with Gasteiger partial charge in [0.05, 0.1) is 46.6 Å². The van der Waals surface area contributed by atoms with E-state index in [9.17, 15) is 0 Å². The smallest absolute Gasteiger partial charge is 0.169 e. The molecule has 6 heteroatoms. The van der Waals surface area contributed by atoms with Crippen molar-refractivity contribution in [2.45, 2.75) is 6.54 Å². The molecule has 5 nitrogen and oxygen atoms in total. The third-order valence-corrected chi connectivity index (χ3v) is 4.86. The molecule has 1 N–H and O–H groups in total. The molecule has 0 aromatic heterocycles. The molecule has 0 atom stereocenters. The number of hydrogen-bond acceptors (Lipinski definition) is 4. The molecule has 138 valence electrons. The number of nitrogens with zero attached hydrogens (tertiary/aromatic N) is 2. The fraction of sp³-hybridized carbons (Fsp3) is 0.350. The van der Waals surface area contributed by atoms with Crippen molar-refractivity contribution in [1.82, 2.24) is 5.01 Å². The van der Waals surface area contributed by atoms with Crippen molar-refractivity contribution < 1.29 is 14.4 Å². The zero-order valence-corrected chi connectivity index (χ0v) is 16.0. The van der Waals surface area contributed by atoms with E-state index in [-0.39, 0.29) is 0 Å². The topological polar surface area (TPSA) is 38.5 Å². The normalized spacial score (nSPS) is 15.4. The largest absolute Gasteiger partial charge is 0.493 e. The summed E-state index contributed by atoms with van der Waals surface area (Å²) in [5, 5.41) is 7.54. The van der Waals surface area contributed by atoms with Crippen LogP contribution in [0, 0.1) is 0 Å². The Labute approximate surface area is 159 Å². The average Bonchev–Trinajstić information content (AvgIpc) is 2.68. The predicted octanol–water partition coefficient (Wildman–Crippen LogP) is 2.09. The number of rotatable bonds is 6. The second-order valence-electron chi connectivity index (χ2n) is 6.33. The number of halogens is 1. The molecule has 1 aliphatic heterocycles. The van der Waals surface area contributed by atoms with Gasteiger partial charge in [-0.15, -0.1) is 0 Å². The minimum absolute atomic E-state index is 0.714. The van der Waals surface area contributed by atoms with Crippen LogP contribution in [0.2, 0.25) is 5.02 Å². The molecule has 0 aliphatic carbocycles. The lowest BCUT2D eigenvalue weighted by Gasteiger charge is -2.30. The maximum Gasteiger partial charge on any atom is 0.169 e. The van der Waals surface area contributed by atoms with Crippen molar-refractivity contribution in [1.29, 1.82) is 0 Å². The number of piperazine rings is 1. The zero-order valence-electron chi connectivity index (χ0n) is 15.2. The van der Waals surface area contributed by atoms with Crippen LogP contribution in [0.3, 0.4) is 0 Å². The number of benzene rings is 2. The van der Waals surface area contributed by atoms with Crippen LogP contribution in [0.5, 0.6) is 11.5 Å².